The van der Waals surface area contributed by atoms with Crippen molar-refractivity contribution >= 4 is 15.9 Å². The summed E-state index contributed by atoms with van der Waals surface area (Å²) in [5.74, 6) is 0.761. The van der Waals surface area contributed by atoms with E-state index in [-0.39, 0.29) is 23.1 Å². The number of aryl methyl sites for hydroxylation is 1. The number of ether oxygens (including phenoxy) is 2. The van der Waals surface area contributed by atoms with Crippen LogP contribution in [-0.2, 0) is 21.4 Å². The van der Waals surface area contributed by atoms with E-state index < -0.39 is 22.5 Å². The fourth-order valence-electron chi connectivity index (χ4n) is 2.82. The molecule has 1 heterocycles. The highest BCUT2D eigenvalue weighted by atomic mass is 32.2. The minimum Gasteiger partial charge on any atom is -0.493 e. The van der Waals surface area contributed by atoms with E-state index in [0.717, 1.165) is 15.4 Å². The van der Waals surface area contributed by atoms with Gasteiger partial charge in [-0.15, -0.1) is 0 Å². The fourth-order valence-corrected chi connectivity index (χ4v) is 3.96. The molecule has 1 N–H and O–H groups in total. The molecule has 3 rings (SSSR count). The van der Waals surface area contributed by atoms with Crippen LogP contribution in [0.4, 0.5) is 0 Å². The second-order valence-electron chi connectivity index (χ2n) is 6.93. The Morgan fingerprint density at radius 3 is 2.44 bits per heavy atom. The maximum absolute atomic E-state index is 12.8. The van der Waals surface area contributed by atoms with E-state index in [0.29, 0.717) is 11.6 Å². The van der Waals surface area contributed by atoms with E-state index in [1.165, 1.54) is 39.5 Å². The lowest BCUT2D eigenvalue weighted by molar-refractivity contribution is -0.121. The van der Waals surface area contributed by atoms with Gasteiger partial charge in [0.05, 0.1) is 32.2 Å². The highest BCUT2D eigenvalue weighted by Crippen LogP contribution is 2.30. The lowest BCUT2D eigenvalue weighted by Crippen LogP contribution is -2.38. The molecule has 0 spiro atoms. The summed E-state index contributed by atoms with van der Waals surface area (Å²) in [5.41, 5.74) is 1.90. The monoisotopic (exact) mass is 460 g/mol. The first-order chi connectivity index (χ1) is 15.2. The summed E-state index contributed by atoms with van der Waals surface area (Å²) < 4.78 is 42.0. The molecule has 10 nitrogen and oxygen atoms in total. The molecule has 0 aliphatic carbocycles. The zero-order valence-electron chi connectivity index (χ0n) is 18.2. The number of amides is 1. The molecule has 2 aromatic carbocycles. The van der Waals surface area contributed by atoms with Gasteiger partial charge in [0.1, 0.15) is 0 Å². The molecule has 3 aromatic rings. The third-order valence-corrected chi connectivity index (χ3v) is 6.44. The van der Waals surface area contributed by atoms with Crippen LogP contribution in [0.5, 0.6) is 11.5 Å². The SMILES string of the molecule is COc1ccc(S(=O)(=O)N(C)CC(=O)NCc2nc(-c3ccc(C)cc3)no2)cc1OC. The van der Waals surface area contributed by atoms with Crippen LogP contribution in [0, 0.1) is 6.92 Å². The van der Waals surface area contributed by atoms with E-state index in [2.05, 4.69) is 15.5 Å². The minimum atomic E-state index is -3.92. The number of rotatable bonds is 9. The highest BCUT2D eigenvalue weighted by molar-refractivity contribution is 7.89. The molecule has 0 aliphatic heterocycles. The van der Waals surface area contributed by atoms with Crippen LogP contribution in [0.3, 0.4) is 0 Å². The number of aromatic nitrogens is 2. The van der Waals surface area contributed by atoms with Crippen LogP contribution in [0.1, 0.15) is 11.5 Å². The summed E-state index contributed by atoms with van der Waals surface area (Å²) in [4.78, 5) is 16.5. The Morgan fingerprint density at radius 1 is 1.09 bits per heavy atom. The number of hydrogen-bond acceptors (Lipinski definition) is 8. The molecular weight excluding hydrogens is 436 g/mol. The second-order valence-corrected chi connectivity index (χ2v) is 8.98. The smallest absolute Gasteiger partial charge is 0.246 e. The Labute approximate surface area is 186 Å². The molecule has 0 aliphatic rings. The maximum atomic E-state index is 12.8. The zero-order chi connectivity index (χ0) is 23.3. The molecule has 0 bridgehead atoms. The molecular formula is C21H24N4O6S. The van der Waals surface area contributed by atoms with Gasteiger partial charge in [-0.05, 0) is 19.1 Å². The van der Waals surface area contributed by atoms with Gasteiger partial charge in [0.25, 0.3) is 0 Å². The predicted molar refractivity (Wildman–Crippen MR) is 116 cm³/mol. The molecule has 0 atom stereocenters. The summed E-state index contributed by atoms with van der Waals surface area (Å²) in [5, 5.41) is 6.48. The normalized spacial score (nSPS) is 11.4. The van der Waals surface area contributed by atoms with Crippen molar-refractivity contribution < 1.29 is 27.2 Å². The average Bonchev–Trinajstić information content (AvgIpc) is 3.26. The number of carbonyl (C=O) groups is 1. The van der Waals surface area contributed by atoms with Crippen molar-refractivity contribution in [3.8, 4) is 22.9 Å². The van der Waals surface area contributed by atoms with E-state index >= 15 is 0 Å². The molecule has 1 amide bonds. The highest BCUT2D eigenvalue weighted by Gasteiger charge is 2.24. The van der Waals surface area contributed by atoms with Gasteiger partial charge in [-0.1, -0.05) is 35.0 Å². The molecule has 1 aromatic heterocycles. The van der Waals surface area contributed by atoms with E-state index in [4.69, 9.17) is 14.0 Å². The first-order valence-corrected chi connectivity index (χ1v) is 11.0. The predicted octanol–water partition coefficient (Wildman–Crippen LogP) is 2.00. The third kappa shape index (κ3) is 5.24. The summed E-state index contributed by atoms with van der Waals surface area (Å²) in [6.07, 6.45) is 0. The number of methoxy groups -OCH3 is 2. The Balaban J connectivity index is 1.60. The summed E-state index contributed by atoms with van der Waals surface area (Å²) in [7, 11) is 0.253. The van der Waals surface area contributed by atoms with Gasteiger partial charge in [0, 0.05) is 18.7 Å². The third-order valence-electron chi connectivity index (χ3n) is 4.64. The van der Waals surface area contributed by atoms with Gasteiger partial charge in [-0.3, -0.25) is 4.79 Å². The van der Waals surface area contributed by atoms with E-state index in [1.54, 1.807) is 0 Å². The summed E-state index contributed by atoms with van der Waals surface area (Å²) >= 11 is 0. The number of likely N-dealkylation sites (N-methyl/N-ethyl adjacent to an activating group) is 1. The van der Waals surface area contributed by atoms with Gasteiger partial charge in [0.2, 0.25) is 27.6 Å². The second kappa shape index (κ2) is 9.79. The van der Waals surface area contributed by atoms with Gasteiger partial charge < -0.3 is 19.3 Å². The lowest BCUT2D eigenvalue weighted by atomic mass is 10.1. The number of nitrogens with one attached hydrogen (secondary N) is 1. The lowest BCUT2D eigenvalue weighted by Gasteiger charge is -2.17. The minimum absolute atomic E-state index is 0.0231. The van der Waals surface area contributed by atoms with Crippen molar-refractivity contribution in [2.24, 2.45) is 0 Å². The molecule has 11 heteroatoms. The Kier molecular flexibility index (Phi) is 7.11. The summed E-state index contributed by atoms with van der Waals surface area (Å²) in [6, 6.07) is 11.8. The molecule has 0 fully saturated rings. The van der Waals surface area contributed by atoms with Crippen molar-refractivity contribution in [1.82, 2.24) is 19.8 Å². The topological polar surface area (TPSA) is 124 Å². The molecule has 0 saturated carbocycles. The van der Waals surface area contributed by atoms with E-state index in [1.807, 2.05) is 31.2 Å². The number of sulfonamides is 1. The molecule has 0 saturated heterocycles. The number of nitrogens with zero attached hydrogens (tertiary/aromatic N) is 3. The largest absolute Gasteiger partial charge is 0.493 e. The molecule has 170 valence electrons. The number of hydrogen-bond donors (Lipinski definition) is 1. The van der Waals surface area contributed by atoms with Gasteiger partial charge in [-0.25, -0.2) is 8.42 Å². The fraction of sp³-hybridized carbons (Fsp3) is 0.286. The van der Waals surface area contributed by atoms with Crippen molar-refractivity contribution in [2.45, 2.75) is 18.4 Å². The van der Waals surface area contributed by atoms with Crippen LogP contribution in [0.25, 0.3) is 11.4 Å². The zero-order valence-corrected chi connectivity index (χ0v) is 19.0. The molecule has 0 unspecified atom stereocenters. The maximum Gasteiger partial charge on any atom is 0.246 e. The van der Waals surface area contributed by atoms with Crippen LogP contribution in [-0.4, -0.2) is 56.6 Å². The van der Waals surface area contributed by atoms with Gasteiger partial charge in [-0.2, -0.15) is 9.29 Å². The molecule has 32 heavy (non-hydrogen) atoms. The Hall–Kier alpha value is -3.44. The van der Waals surface area contributed by atoms with Crippen LogP contribution in [0.15, 0.2) is 51.9 Å². The standard InChI is InChI=1S/C21H24N4O6S/c1-14-5-7-15(8-6-14)21-23-20(31-24-21)12-22-19(26)13-25(2)32(27,28)16-9-10-17(29-3)18(11-16)30-4/h5-11H,12-13H2,1-4H3,(H,22,26). The average molecular weight is 461 g/mol. The first-order valence-electron chi connectivity index (χ1n) is 9.59. The van der Waals surface area contributed by atoms with Crippen LogP contribution >= 0.6 is 0 Å². The number of carbonyl (C=O) groups excluding carboxylic acids is 1. The molecule has 0 radical (unpaired) electrons. The van der Waals surface area contributed by atoms with Crippen molar-refractivity contribution in [3.05, 3.63) is 53.9 Å². The Bertz CT molecular complexity index is 1190. The van der Waals surface area contributed by atoms with Crippen LogP contribution in [0.2, 0.25) is 0 Å². The quantitative estimate of drug-likeness (QED) is 0.514. The van der Waals surface area contributed by atoms with Crippen LogP contribution < -0.4 is 14.8 Å². The van der Waals surface area contributed by atoms with Gasteiger partial charge >= 0.3 is 0 Å². The van der Waals surface area contributed by atoms with Crippen molar-refractivity contribution in [3.63, 3.8) is 0 Å². The number of benzene rings is 2. The van der Waals surface area contributed by atoms with Crippen molar-refractivity contribution in [2.75, 3.05) is 27.8 Å². The Morgan fingerprint density at radius 2 is 1.78 bits per heavy atom. The van der Waals surface area contributed by atoms with Gasteiger partial charge in [0.15, 0.2) is 11.5 Å². The van der Waals surface area contributed by atoms with Crippen molar-refractivity contribution in [1.29, 1.82) is 0 Å². The summed E-state index contributed by atoms with van der Waals surface area (Å²) in [6.45, 7) is 1.56. The first kappa shape index (κ1) is 23.2. The van der Waals surface area contributed by atoms with E-state index in [9.17, 15) is 13.2 Å².